The Balaban J connectivity index is 1.91. The fourth-order valence-corrected chi connectivity index (χ4v) is 2.70. The molecule has 0 saturated heterocycles. The zero-order valence-corrected chi connectivity index (χ0v) is 12.5. The highest BCUT2D eigenvalue weighted by molar-refractivity contribution is 5.31. The first-order chi connectivity index (χ1) is 9.72. The van der Waals surface area contributed by atoms with Crippen LogP contribution in [0.1, 0.15) is 46.0 Å². The first-order valence-corrected chi connectivity index (χ1v) is 7.80. The van der Waals surface area contributed by atoms with Crippen LogP contribution in [-0.4, -0.2) is 23.9 Å². The van der Waals surface area contributed by atoms with Crippen molar-refractivity contribution in [2.24, 2.45) is 5.92 Å². The van der Waals surface area contributed by atoms with Crippen molar-refractivity contribution in [2.45, 2.75) is 58.2 Å². The molecule has 3 heteroatoms. The molecule has 2 rings (SSSR count). The van der Waals surface area contributed by atoms with Gasteiger partial charge in [0, 0.05) is 0 Å². The zero-order chi connectivity index (χ0) is 14.4. The van der Waals surface area contributed by atoms with Crippen molar-refractivity contribution in [1.82, 2.24) is 0 Å². The summed E-state index contributed by atoms with van der Waals surface area (Å²) in [6.07, 6.45) is 4.67. The van der Waals surface area contributed by atoms with E-state index in [1.165, 1.54) is 0 Å². The third-order valence-corrected chi connectivity index (χ3v) is 4.03. The molecule has 0 heterocycles. The Kier molecular flexibility index (Phi) is 5.72. The van der Waals surface area contributed by atoms with Gasteiger partial charge in [0.05, 0.1) is 12.7 Å². The Morgan fingerprint density at radius 2 is 1.80 bits per heavy atom. The molecule has 3 unspecified atom stereocenters. The third kappa shape index (κ3) is 4.14. The fraction of sp³-hybridized carbons (Fsp3) is 0.647. The van der Waals surface area contributed by atoms with Crippen molar-refractivity contribution < 1.29 is 14.6 Å². The van der Waals surface area contributed by atoms with E-state index in [1.807, 2.05) is 24.3 Å². The van der Waals surface area contributed by atoms with Gasteiger partial charge in [-0.05, 0) is 55.9 Å². The van der Waals surface area contributed by atoms with E-state index in [4.69, 9.17) is 9.47 Å². The number of aliphatic hydroxyl groups is 1. The molecule has 0 aromatic heterocycles. The Hall–Kier alpha value is -1.22. The molecule has 1 fully saturated rings. The van der Waals surface area contributed by atoms with Crippen LogP contribution < -0.4 is 9.47 Å². The Morgan fingerprint density at radius 3 is 2.45 bits per heavy atom. The molecule has 1 aliphatic rings. The molecule has 1 aromatic rings. The molecule has 3 atom stereocenters. The fourth-order valence-electron chi connectivity index (χ4n) is 2.70. The normalized spacial score (nSPS) is 26.2. The minimum absolute atomic E-state index is 0.0730. The summed E-state index contributed by atoms with van der Waals surface area (Å²) >= 11 is 0. The van der Waals surface area contributed by atoms with Gasteiger partial charge >= 0.3 is 0 Å². The SMILES string of the molecule is CCCOc1ccc(OC2CC(CC)CCC2O)cc1. The molecule has 1 aliphatic carbocycles. The van der Waals surface area contributed by atoms with Crippen molar-refractivity contribution in [3.8, 4) is 11.5 Å². The quantitative estimate of drug-likeness (QED) is 0.860. The Bertz CT molecular complexity index is 388. The maximum Gasteiger partial charge on any atom is 0.125 e. The highest BCUT2D eigenvalue weighted by atomic mass is 16.5. The summed E-state index contributed by atoms with van der Waals surface area (Å²) in [6.45, 7) is 5.03. The summed E-state index contributed by atoms with van der Waals surface area (Å²) in [5.41, 5.74) is 0. The van der Waals surface area contributed by atoms with Crippen LogP contribution in [0.25, 0.3) is 0 Å². The van der Waals surface area contributed by atoms with Crippen molar-refractivity contribution in [1.29, 1.82) is 0 Å². The van der Waals surface area contributed by atoms with E-state index in [-0.39, 0.29) is 12.2 Å². The van der Waals surface area contributed by atoms with Gasteiger partial charge in [0.2, 0.25) is 0 Å². The third-order valence-electron chi connectivity index (χ3n) is 4.03. The number of aliphatic hydroxyl groups excluding tert-OH is 1. The first-order valence-electron chi connectivity index (χ1n) is 7.80. The van der Waals surface area contributed by atoms with Crippen LogP contribution in [0.5, 0.6) is 11.5 Å². The van der Waals surface area contributed by atoms with Crippen molar-refractivity contribution in [3.63, 3.8) is 0 Å². The van der Waals surface area contributed by atoms with Crippen molar-refractivity contribution in [2.75, 3.05) is 6.61 Å². The van der Waals surface area contributed by atoms with Gasteiger partial charge in [-0.2, -0.15) is 0 Å². The van der Waals surface area contributed by atoms with Crippen LogP contribution in [0.2, 0.25) is 0 Å². The number of benzene rings is 1. The van der Waals surface area contributed by atoms with Gasteiger partial charge in [-0.15, -0.1) is 0 Å². The van der Waals surface area contributed by atoms with E-state index in [9.17, 15) is 5.11 Å². The van der Waals surface area contributed by atoms with E-state index in [2.05, 4.69) is 13.8 Å². The second-order valence-corrected chi connectivity index (χ2v) is 5.63. The minimum Gasteiger partial charge on any atom is -0.494 e. The van der Waals surface area contributed by atoms with Crippen LogP contribution in [0, 0.1) is 5.92 Å². The van der Waals surface area contributed by atoms with Gasteiger partial charge < -0.3 is 14.6 Å². The van der Waals surface area contributed by atoms with Gasteiger partial charge in [-0.1, -0.05) is 20.3 Å². The molecule has 0 radical (unpaired) electrons. The molecule has 1 aromatic carbocycles. The molecule has 1 saturated carbocycles. The zero-order valence-electron chi connectivity index (χ0n) is 12.5. The Labute approximate surface area is 121 Å². The van der Waals surface area contributed by atoms with E-state index in [0.717, 1.165) is 50.2 Å². The maximum atomic E-state index is 10.1. The lowest BCUT2D eigenvalue weighted by atomic mass is 9.84. The predicted octanol–water partition coefficient (Wildman–Crippen LogP) is 3.79. The van der Waals surface area contributed by atoms with E-state index >= 15 is 0 Å². The molecule has 112 valence electrons. The average Bonchev–Trinajstić information content (AvgIpc) is 2.49. The van der Waals surface area contributed by atoms with E-state index < -0.39 is 0 Å². The van der Waals surface area contributed by atoms with Gasteiger partial charge in [0.1, 0.15) is 17.6 Å². The summed E-state index contributed by atoms with van der Waals surface area (Å²) in [6, 6.07) is 7.70. The van der Waals surface area contributed by atoms with Gasteiger partial charge in [-0.25, -0.2) is 0 Å². The number of ether oxygens (including phenoxy) is 2. The van der Waals surface area contributed by atoms with Gasteiger partial charge in [-0.3, -0.25) is 0 Å². The number of hydrogen-bond acceptors (Lipinski definition) is 3. The van der Waals surface area contributed by atoms with Gasteiger partial charge in [0.15, 0.2) is 0 Å². The number of hydrogen-bond donors (Lipinski definition) is 1. The molecule has 0 amide bonds. The second kappa shape index (κ2) is 7.53. The highest BCUT2D eigenvalue weighted by Crippen LogP contribution is 2.30. The van der Waals surface area contributed by atoms with Crippen molar-refractivity contribution >= 4 is 0 Å². The summed E-state index contributed by atoms with van der Waals surface area (Å²) in [4.78, 5) is 0. The van der Waals surface area contributed by atoms with E-state index in [0.29, 0.717) is 5.92 Å². The smallest absolute Gasteiger partial charge is 0.125 e. The lowest BCUT2D eigenvalue weighted by Gasteiger charge is -2.33. The highest BCUT2D eigenvalue weighted by Gasteiger charge is 2.29. The molecule has 0 spiro atoms. The molecule has 1 N–H and O–H groups in total. The largest absolute Gasteiger partial charge is 0.494 e. The predicted molar refractivity (Wildman–Crippen MR) is 80.3 cm³/mol. The topological polar surface area (TPSA) is 38.7 Å². The molecule has 3 nitrogen and oxygen atoms in total. The van der Waals surface area contributed by atoms with Gasteiger partial charge in [0.25, 0.3) is 0 Å². The Morgan fingerprint density at radius 1 is 1.10 bits per heavy atom. The number of rotatable bonds is 6. The molecular formula is C17H26O3. The van der Waals surface area contributed by atoms with E-state index in [1.54, 1.807) is 0 Å². The lowest BCUT2D eigenvalue weighted by Crippen LogP contribution is -2.38. The summed E-state index contributed by atoms with van der Waals surface area (Å²) < 4.78 is 11.5. The van der Waals surface area contributed by atoms with Crippen LogP contribution in [0.4, 0.5) is 0 Å². The molecule has 0 aliphatic heterocycles. The molecule has 0 bridgehead atoms. The van der Waals surface area contributed by atoms with Crippen LogP contribution in [0.3, 0.4) is 0 Å². The van der Waals surface area contributed by atoms with Crippen LogP contribution in [0.15, 0.2) is 24.3 Å². The first kappa shape index (κ1) is 15.2. The second-order valence-electron chi connectivity index (χ2n) is 5.63. The molecular weight excluding hydrogens is 252 g/mol. The van der Waals surface area contributed by atoms with Crippen molar-refractivity contribution in [3.05, 3.63) is 24.3 Å². The summed E-state index contributed by atoms with van der Waals surface area (Å²) in [5.74, 6) is 2.36. The van der Waals surface area contributed by atoms with Crippen LogP contribution in [-0.2, 0) is 0 Å². The maximum absolute atomic E-state index is 10.1. The molecule has 20 heavy (non-hydrogen) atoms. The standard InChI is InChI=1S/C17H26O3/c1-3-11-19-14-6-8-15(9-7-14)20-17-12-13(4-2)5-10-16(17)18/h6-9,13,16-18H,3-5,10-12H2,1-2H3. The average molecular weight is 278 g/mol. The summed E-state index contributed by atoms with van der Waals surface area (Å²) in [7, 11) is 0. The summed E-state index contributed by atoms with van der Waals surface area (Å²) in [5, 5.41) is 10.1. The van der Waals surface area contributed by atoms with Crippen LogP contribution >= 0.6 is 0 Å². The lowest BCUT2D eigenvalue weighted by molar-refractivity contribution is -0.0109. The minimum atomic E-state index is -0.339. The monoisotopic (exact) mass is 278 g/mol.